The van der Waals surface area contributed by atoms with Crippen molar-refractivity contribution in [2.45, 2.75) is 5.92 Å². The van der Waals surface area contributed by atoms with Crippen LogP contribution < -0.4 is 10.2 Å². The summed E-state index contributed by atoms with van der Waals surface area (Å²) in [7, 11) is 0. The highest BCUT2D eigenvalue weighted by atomic mass is 19.1. The molecule has 0 bridgehead atoms. The van der Waals surface area contributed by atoms with E-state index in [0.29, 0.717) is 5.56 Å². The van der Waals surface area contributed by atoms with E-state index in [1.165, 1.54) is 18.2 Å². The number of phenolic OH excluding ortho intramolecular Hbond substituents is 1. The number of halogens is 1. The molecule has 0 saturated carbocycles. The Morgan fingerprint density at radius 2 is 1.83 bits per heavy atom. The first-order chi connectivity index (χ1) is 14.7. The number of nitrogens with one attached hydrogen (secondary N) is 2. The largest absolute Gasteiger partial charge is 0.508 e. The first-order valence-electron chi connectivity index (χ1n) is 10.2. The predicted octanol–water partition coefficient (Wildman–Crippen LogP) is 4.40. The Balaban J connectivity index is 1.65. The third kappa shape index (κ3) is 3.53. The molecule has 5 heteroatoms. The first-order valence-corrected chi connectivity index (χ1v) is 10.2. The zero-order valence-corrected chi connectivity index (χ0v) is 16.5. The summed E-state index contributed by atoms with van der Waals surface area (Å²) >= 11 is 0. The number of H-pyrrole nitrogens is 1. The average Bonchev–Trinajstić information content (AvgIpc) is 3.21. The molecule has 5 rings (SSSR count). The normalized spacial score (nSPS) is 15.4. The lowest BCUT2D eigenvalue weighted by Crippen LogP contribution is -2.43. The van der Waals surface area contributed by atoms with E-state index >= 15 is 0 Å². The van der Waals surface area contributed by atoms with Crippen LogP contribution in [0.4, 0.5) is 10.1 Å². The third-order valence-corrected chi connectivity index (χ3v) is 5.77. The zero-order chi connectivity index (χ0) is 20.5. The fourth-order valence-electron chi connectivity index (χ4n) is 4.28. The number of hydrogen-bond acceptors (Lipinski definition) is 3. The number of aromatic amines is 1. The van der Waals surface area contributed by atoms with Crippen LogP contribution in [0.1, 0.15) is 22.7 Å². The van der Waals surface area contributed by atoms with Gasteiger partial charge < -0.3 is 20.3 Å². The Labute approximate surface area is 175 Å². The van der Waals surface area contributed by atoms with Crippen molar-refractivity contribution in [1.82, 2.24) is 10.3 Å². The van der Waals surface area contributed by atoms with Crippen molar-refractivity contribution < 1.29 is 9.50 Å². The molecule has 151 valence electrons. The molecule has 3 aromatic carbocycles. The van der Waals surface area contributed by atoms with Gasteiger partial charge in [-0.05, 0) is 65.5 Å². The number of aromatic hydroxyl groups is 1. The Morgan fingerprint density at radius 1 is 1.00 bits per heavy atom. The SMILES string of the molecule is Oc1ccc(F)cc1[C@@H](c1c[c]cc(N2CCNCC2)c1)c1cc2ccccc2[nH]1. The molecule has 0 spiro atoms. The van der Waals surface area contributed by atoms with Crippen LogP contribution in [0.3, 0.4) is 0 Å². The van der Waals surface area contributed by atoms with E-state index < -0.39 is 0 Å². The van der Waals surface area contributed by atoms with Gasteiger partial charge in [0.1, 0.15) is 11.6 Å². The van der Waals surface area contributed by atoms with Crippen molar-refractivity contribution in [2.24, 2.45) is 0 Å². The van der Waals surface area contributed by atoms with Gasteiger partial charge in [0.15, 0.2) is 0 Å². The molecular formula is C25H23FN3O. The van der Waals surface area contributed by atoms with Gasteiger partial charge in [0.25, 0.3) is 0 Å². The van der Waals surface area contributed by atoms with Gasteiger partial charge in [0, 0.05) is 48.6 Å². The van der Waals surface area contributed by atoms with E-state index in [9.17, 15) is 9.50 Å². The maximum absolute atomic E-state index is 14.2. The molecule has 0 amide bonds. The van der Waals surface area contributed by atoms with Crippen molar-refractivity contribution in [1.29, 1.82) is 0 Å². The maximum atomic E-state index is 14.2. The second-order valence-corrected chi connectivity index (χ2v) is 7.71. The standard InChI is InChI=1S/C25H23FN3O/c26-19-8-9-24(30)21(16-19)25(23-15-17-4-1-2-7-22(17)28-23)18-5-3-6-20(14-18)29-12-10-27-11-13-29/h1-2,4-9,14-16,25,27-28,30H,10-13H2/t25-/m1/s1. The highest BCUT2D eigenvalue weighted by Crippen LogP contribution is 2.39. The van der Waals surface area contributed by atoms with E-state index in [0.717, 1.165) is 54.0 Å². The van der Waals surface area contributed by atoms with E-state index in [-0.39, 0.29) is 17.5 Å². The number of rotatable bonds is 4. The molecule has 1 fully saturated rings. The molecule has 1 atom stereocenters. The Kier molecular flexibility index (Phi) is 4.89. The molecule has 1 aliphatic heterocycles. The van der Waals surface area contributed by atoms with Crippen molar-refractivity contribution in [3.05, 3.63) is 95.4 Å². The summed E-state index contributed by atoms with van der Waals surface area (Å²) in [6, 6.07) is 23.5. The number of phenols is 1. The molecule has 3 N–H and O–H groups in total. The van der Waals surface area contributed by atoms with Gasteiger partial charge in [0.2, 0.25) is 0 Å². The van der Waals surface area contributed by atoms with Gasteiger partial charge >= 0.3 is 0 Å². The molecule has 2 heterocycles. The lowest BCUT2D eigenvalue weighted by atomic mass is 9.87. The van der Waals surface area contributed by atoms with Crippen LogP contribution in [0.25, 0.3) is 10.9 Å². The molecule has 1 saturated heterocycles. The van der Waals surface area contributed by atoms with Crippen LogP contribution in [0, 0.1) is 11.9 Å². The fraction of sp³-hybridized carbons (Fsp3) is 0.200. The van der Waals surface area contributed by atoms with E-state index in [4.69, 9.17) is 0 Å². The highest BCUT2D eigenvalue weighted by Gasteiger charge is 2.24. The summed E-state index contributed by atoms with van der Waals surface area (Å²) in [4.78, 5) is 5.79. The summed E-state index contributed by atoms with van der Waals surface area (Å²) in [6.07, 6.45) is 0. The quantitative estimate of drug-likeness (QED) is 0.476. The van der Waals surface area contributed by atoms with Crippen molar-refractivity contribution in [3.8, 4) is 5.75 Å². The summed E-state index contributed by atoms with van der Waals surface area (Å²) in [6.45, 7) is 3.75. The van der Waals surface area contributed by atoms with Crippen LogP contribution in [0.2, 0.25) is 0 Å². The van der Waals surface area contributed by atoms with E-state index in [2.05, 4.69) is 33.4 Å². The number of benzene rings is 3. The van der Waals surface area contributed by atoms with Gasteiger partial charge in [-0.25, -0.2) is 4.39 Å². The molecule has 4 nitrogen and oxygen atoms in total. The van der Waals surface area contributed by atoms with Crippen molar-refractivity contribution in [3.63, 3.8) is 0 Å². The Bertz CT molecular complexity index is 1150. The van der Waals surface area contributed by atoms with Gasteiger partial charge in [-0.1, -0.05) is 18.2 Å². The topological polar surface area (TPSA) is 51.3 Å². The maximum Gasteiger partial charge on any atom is 0.123 e. The fourth-order valence-corrected chi connectivity index (χ4v) is 4.28. The smallest absolute Gasteiger partial charge is 0.123 e. The number of aromatic nitrogens is 1. The third-order valence-electron chi connectivity index (χ3n) is 5.77. The molecule has 0 aliphatic carbocycles. The Hall–Kier alpha value is -3.31. The van der Waals surface area contributed by atoms with Crippen LogP contribution in [0.15, 0.2) is 66.7 Å². The van der Waals surface area contributed by atoms with Gasteiger partial charge in [0.05, 0.1) is 5.92 Å². The lowest BCUT2D eigenvalue weighted by molar-refractivity contribution is 0.464. The second-order valence-electron chi connectivity index (χ2n) is 7.71. The Morgan fingerprint density at radius 3 is 2.67 bits per heavy atom. The number of nitrogens with zero attached hydrogens (tertiary/aromatic N) is 1. The second kappa shape index (κ2) is 7.84. The molecule has 1 radical (unpaired) electrons. The molecule has 1 aliphatic rings. The summed E-state index contributed by atoms with van der Waals surface area (Å²) in [5.41, 5.74) is 4.50. The van der Waals surface area contributed by atoms with Crippen LogP contribution in [0.5, 0.6) is 5.75 Å². The van der Waals surface area contributed by atoms with Crippen molar-refractivity contribution >= 4 is 16.6 Å². The first kappa shape index (κ1) is 18.7. The molecular weight excluding hydrogens is 377 g/mol. The predicted molar refractivity (Wildman–Crippen MR) is 118 cm³/mol. The minimum atomic E-state index is -0.369. The number of piperazine rings is 1. The minimum Gasteiger partial charge on any atom is -0.508 e. The average molecular weight is 400 g/mol. The summed E-state index contributed by atoms with van der Waals surface area (Å²) < 4.78 is 14.2. The van der Waals surface area contributed by atoms with E-state index in [1.54, 1.807) is 0 Å². The van der Waals surface area contributed by atoms with Gasteiger partial charge in [-0.2, -0.15) is 0 Å². The lowest BCUT2D eigenvalue weighted by Gasteiger charge is -2.30. The zero-order valence-electron chi connectivity index (χ0n) is 16.5. The van der Waals surface area contributed by atoms with Crippen LogP contribution in [-0.4, -0.2) is 36.3 Å². The molecule has 1 aromatic heterocycles. The molecule has 30 heavy (non-hydrogen) atoms. The molecule has 4 aromatic rings. The van der Waals surface area contributed by atoms with Gasteiger partial charge in [-0.15, -0.1) is 0 Å². The monoisotopic (exact) mass is 400 g/mol. The highest BCUT2D eigenvalue weighted by molar-refractivity contribution is 5.81. The van der Waals surface area contributed by atoms with Crippen molar-refractivity contribution in [2.75, 3.05) is 31.1 Å². The number of hydrogen-bond donors (Lipinski definition) is 3. The molecule has 0 unspecified atom stereocenters. The summed E-state index contributed by atoms with van der Waals surface area (Å²) in [5.74, 6) is -0.633. The number of anilines is 1. The summed E-state index contributed by atoms with van der Waals surface area (Å²) in [5, 5.41) is 15.1. The minimum absolute atomic E-state index is 0.0765. The van der Waals surface area contributed by atoms with Crippen LogP contribution >= 0.6 is 0 Å². The van der Waals surface area contributed by atoms with Gasteiger partial charge in [-0.3, -0.25) is 0 Å². The van der Waals surface area contributed by atoms with Crippen LogP contribution in [-0.2, 0) is 0 Å². The van der Waals surface area contributed by atoms with E-state index in [1.807, 2.05) is 36.4 Å². The number of fused-ring (bicyclic) bond motifs is 1. The number of para-hydroxylation sites is 1.